The number of hydrogen-bond acceptors (Lipinski definition) is 4. The molecule has 2 heterocycles. The lowest BCUT2D eigenvalue weighted by Gasteiger charge is -2.08. The van der Waals surface area contributed by atoms with Crippen LogP contribution in [0.3, 0.4) is 0 Å². The highest BCUT2D eigenvalue weighted by atomic mass is 16.5. The number of aromatic nitrogens is 3. The zero-order valence-electron chi connectivity index (χ0n) is 10.7. The summed E-state index contributed by atoms with van der Waals surface area (Å²) in [6, 6.07) is 5.87. The molecule has 5 heteroatoms. The average Bonchev–Trinajstić information content (AvgIpc) is 2.81. The lowest BCUT2D eigenvalue weighted by molar-refractivity contribution is 0.287. The molecule has 0 bridgehead atoms. The van der Waals surface area contributed by atoms with Crippen molar-refractivity contribution < 1.29 is 4.74 Å². The number of aromatic amines is 1. The molecule has 0 atom stereocenters. The molecule has 0 spiro atoms. The predicted molar refractivity (Wildman–Crippen MR) is 69.3 cm³/mol. The molecule has 0 aliphatic heterocycles. The number of rotatable bonds is 6. The van der Waals surface area contributed by atoms with Crippen LogP contribution in [0.2, 0.25) is 0 Å². The van der Waals surface area contributed by atoms with Crippen molar-refractivity contribution in [1.82, 2.24) is 20.5 Å². The summed E-state index contributed by atoms with van der Waals surface area (Å²) >= 11 is 0. The van der Waals surface area contributed by atoms with Crippen LogP contribution in [0.1, 0.15) is 23.9 Å². The van der Waals surface area contributed by atoms with Gasteiger partial charge in [-0.25, -0.2) is 0 Å². The SMILES string of the molecule is CCNCc1cccnc1COc1cc(C)[nH]n1. The molecular weight excluding hydrogens is 228 g/mol. The minimum atomic E-state index is 0.436. The Bertz CT molecular complexity index is 495. The zero-order chi connectivity index (χ0) is 12.8. The highest BCUT2D eigenvalue weighted by molar-refractivity contribution is 5.20. The molecule has 0 amide bonds. The summed E-state index contributed by atoms with van der Waals surface area (Å²) in [5.74, 6) is 0.604. The van der Waals surface area contributed by atoms with Gasteiger partial charge < -0.3 is 10.1 Å². The van der Waals surface area contributed by atoms with Gasteiger partial charge >= 0.3 is 0 Å². The van der Waals surface area contributed by atoms with Gasteiger partial charge in [0, 0.05) is 24.5 Å². The van der Waals surface area contributed by atoms with Crippen molar-refractivity contribution >= 4 is 0 Å². The fourth-order valence-corrected chi connectivity index (χ4v) is 1.63. The van der Waals surface area contributed by atoms with Crippen molar-refractivity contribution in [3.05, 3.63) is 41.3 Å². The maximum atomic E-state index is 5.60. The van der Waals surface area contributed by atoms with Gasteiger partial charge in [-0.2, -0.15) is 0 Å². The fourth-order valence-electron chi connectivity index (χ4n) is 1.63. The molecule has 0 saturated carbocycles. The van der Waals surface area contributed by atoms with Crippen molar-refractivity contribution in [1.29, 1.82) is 0 Å². The van der Waals surface area contributed by atoms with E-state index in [9.17, 15) is 0 Å². The second-order valence-corrected chi connectivity index (χ2v) is 4.07. The quantitative estimate of drug-likeness (QED) is 0.816. The minimum absolute atomic E-state index is 0.436. The highest BCUT2D eigenvalue weighted by Crippen LogP contribution is 2.11. The van der Waals surface area contributed by atoms with Crippen molar-refractivity contribution in [3.8, 4) is 5.88 Å². The summed E-state index contributed by atoms with van der Waals surface area (Å²) in [6.45, 7) is 6.21. The molecular formula is C13H18N4O. The Balaban J connectivity index is 1.99. The molecule has 2 aromatic heterocycles. The first-order valence-electron chi connectivity index (χ1n) is 6.08. The third kappa shape index (κ3) is 3.30. The Morgan fingerprint density at radius 2 is 2.33 bits per heavy atom. The number of nitrogens with zero attached hydrogens (tertiary/aromatic N) is 2. The Morgan fingerprint density at radius 1 is 1.44 bits per heavy atom. The molecule has 0 saturated heterocycles. The Labute approximate surface area is 107 Å². The smallest absolute Gasteiger partial charge is 0.233 e. The van der Waals surface area contributed by atoms with Crippen LogP contribution in [-0.2, 0) is 13.2 Å². The van der Waals surface area contributed by atoms with E-state index >= 15 is 0 Å². The van der Waals surface area contributed by atoms with Crippen LogP contribution in [0.15, 0.2) is 24.4 Å². The van der Waals surface area contributed by atoms with Gasteiger partial charge in [-0.3, -0.25) is 10.1 Å². The minimum Gasteiger partial charge on any atom is -0.470 e. The first kappa shape index (κ1) is 12.6. The Hall–Kier alpha value is -1.88. The van der Waals surface area contributed by atoms with E-state index < -0.39 is 0 Å². The third-order valence-electron chi connectivity index (χ3n) is 2.59. The molecule has 2 aromatic rings. The first-order valence-corrected chi connectivity index (χ1v) is 6.08. The maximum absolute atomic E-state index is 5.60. The van der Waals surface area contributed by atoms with Gasteiger partial charge in [-0.1, -0.05) is 13.0 Å². The molecule has 0 unspecified atom stereocenters. The van der Waals surface area contributed by atoms with Crippen LogP contribution in [0.4, 0.5) is 0 Å². The second kappa shape index (κ2) is 6.16. The van der Waals surface area contributed by atoms with Crippen LogP contribution in [0.5, 0.6) is 5.88 Å². The van der Waals surface area contributed by atoms with Gasteiger partial charge in [0.2, 0.25) is 5.88 Å². The van der Waals surface area contributed by atoms with Gasteiger partial charge in [-0.15, -0.1) is 5.10 Å². The van der Waals surface area contributed by atoms with Crippen molar-refractivity contribution in [3.63, 3.8) is 0 Å². The zero-order valence-corrected chi connectivity index (χ0v) is 10.7. The number of H-pyrrole nitrogens is 1. The van der Waals surface area contributed by atoms with E-state index in [1.54, 1.807) is 6.20 Å². The second-order valence-electron chi connectivity index (χ2n) is 4.07. The van der Waals surface area contributed by atoms with Crippen molar-refractivity contribution in [2.45, 2.75) is 27.0 Å². The van der Waals surface area contributed by atoms with Gasteiger partial charge in [0.05, 0.1) is 5.69 Å². The van der Waals surface area contributed by atoms with E-state index in [0.29, 0.717) is 12.5 Å². The number of pyridine rings is 1. The molecule has 0 aliphatic carbocycles. The van der Waals surface area contributed by atoms with Crippen LogP contribution in [0.25, 0.3) is 0 Å². The summed E-state index contributed by atoms with van der Waals surface area (Å²) in [5.41, 5.74) is 3.09. The van der Waals surface area contributed by atoms with E-state index in [4.69, 9.17) is 4.74 Å². The lowest BCUT2D eigenvalue weighted by atomic mass is 10.2. The number of ether oxygens (including phenoxy) is 1. The molecule has 0 radical (unpaired) electrons. The molecule has 2 N–H and O–H groups in total. The van der Waals surface area contributed by atoms with Gasteiger partial charge in [0.25, 0.3) is 0 Å². The van der Waals surface area contributed by atoms with Crippen LogP contribution < -0.4 is 10.1 Å². The Morgan fingerprint density at radius 3 is 3.06 bits per heavy atom. The fraction of sp³-hybridized carbons (Fsp3) is 0.385. The predicted octanol–water partition coefficient (Wildman–Crippen LogP) is 1.80. The monoisotopic (exact) mass is 246 g/mol. The molecule has 0 aromatic carbocycles. The maximum Gasteiger partial charge on any atom is 0.233 e. The molecule has 2 rings (SSSR count). The summed E-state index contributed by atoms with van der Waals surface area (Å²) in [5, 5.41) is 10.2. The standard InChI is InChI=1S/C13H18N4O/c1-3-14-8-11-5-4-6-15-12(11)9-18-13-7-10(2)16-17-13/h4-7,14H,3,8-9H2,1-2H3,(H,16,17). The Kier molecular flexibility index (Phi) is 4.30. The average molecular weight is 246 g/mol. The van der Waals surface area contributed by atoms with Crippen LogP contribution >= 0.6 is 0 Å². The highest BCUT2D eigenvalue weighted by Gasteiger charge is 2.05. The summed E-state index contributed by atoms with van der Waals surface area (Å²) < 4.78 is 5.60. The van der Waals surface area contributed by atoms with Gasteiger partial charge in [0.15, 0.2) is 0 Å². The molecule has 5 nitrogen and oxygen atoms in total. The van der Waals surface area contributed by atoms with E-state index in [0.717, 1.165) is 30.0 Å². The topological polar surface area (TPSA) is 62.8 Å². The molecule has 18 heavy (non-hydrogen) atoms. The van der Waals surface area contributed by atoms with Gasteiger partial charge in [0.1, 0.15) is 6.61 Å². The number of nitrogens with one attached hydrogen (secondary N) is 2. The van der Waals surface area contributed by atoms with Crippen molar-refractivity contribution in [2.75, 3.05) is 6.54 Å². The third-order valence-corrected chi connectivity index (χ3v) is 2.59. The number of aryl methyl sites for hydroxylation is 1. The molecule has 0 aliphatic rings. The summed E-state index contributed by atoms with van der Waals surface area (Å²) in [6.07, 6.45) is 1.78. The largest absolute Gasteiger partial charge is 0.470 e. The summed E-state index contributed by atoms with van der Waals surface area (Å²) in [4.78, 5) is 4.35. The van der Waals surface area contributed by atoms with E-state index in [1.807, 2.05) is 19.1 Å². The van der Waals surface area contributed by atoms with Gasteiger partial charge in [-0.05, 0) is 25.1 Å². The molecule has 0 fully saturated rings. The lowest BCUT2D eigenvalue weighted by Crippen LogP contribution is -2.14. The van der Waals surface area contributed by atoms with E-state index in [2.05, 4.69) is 33.5 Å². The first-order chi connectivity index (χ1) is 8.79. The van der Waals surface area contributed by atoms with Crippen LogP contribution in [0, 0.1) is 6.92 Å². The van der Waals surface area contributed by atoms with Crippen molar-refractivity contribution in [2.24, 2.45) is 0 Å². The number of hydrogen-bond donors (Lipinski definition) is 2. The van der Waals surface area contributed by atoms with E-state index in [-0.39, 0.29) is 0 Å². The van der Waals surface area contributed by atoms with E-state index in [1.165, 1.54) is 0 Å². The summed E-state index contributed by atoms with van der Waals surface area (Å²) in [7, 11) is 0. The van der Waals surface area contributed by atoms with Crippen LogP contribution in [-0.4, -0.2) is 21.7 Å². The molecule has 96 valence electrons. The normalized spacial score (nSPS) is 10.6.